The van der Waals surface area contributed by atoms with Crippen LogP contribution in [-0.2, 0) is 11.3 Å². The lowest BCUT2D eigenvalue weighted by molar-refractivity contribution is -0.121. The highest BCUT2D eigenvalue weighted by Crippen LogP contribution is 2.20. The number of carbonyl (C=O) groups is 1. The second-order valence-corrected chi connectivity index (χ2v) is 7.72. The van der Waals surface area contributed by atoms with Crippen molar-refractivity contribution >= 4 is 11.9 Å². The minimum absolute atomic E-state index is 0.145. The summed E-state index contributed by atoms with van der Waals surface area (Å²) in [6, 6.07) is 2.11. The molecule has 1 aliphatic rings. The molecule has 0 spiro atoms. The molecule has 27 heavy (non-hydrogen) atoms. The van der Waals surface area contributed by atoms with E-state index >= 15 is 0 Å². The first-order valence-corrected chi connectivity index (χ1v) is 10.2. The molecule has 0 radical (unpaired) electrons. The van der Waals surface area contributed by atoms with E-state index in [0.717, 1.165) is 57.2 Å². The molecule has 1 aromatic heterocycles. The first-order chi connectivity index (χ1) is 12.9. The monoisotopic (exact) mass is 376 g/mol. The highest BCUT2D eigenvalue weighted by atomic mass is 16.1. The van der Waals surface area contributed by atoms with Crippen molar-refractivity contribution in [1.82, 2.24) is 25.3 Å². The summed E-state index contributed by atoms with van der Waals surface area (Å²) >= 11 is 0. The van der Waals surface area contributed by atoms with Gasteiger partial charge in [-0.25, -0.2) is 0 Å². The third-order valence-electron chi connectivity index (χ3n) is 5.14. The first-order valence-electron chi connectivity index (χ1n) is 10.2. The molecule has 0 bridgehead atoms. The van der Waals surface area contributed by atoms with E-state index in [-0.39, 0.29) is 5.91 Å². The Labute approximate surface area is 163 Å². The molecule has 1 saturated heterocycles. The Balaban J connectivity index is 1.88. The van der Waals surface area contributed by atoms with Crippen LogP contribution in [0.3, 0.4) is 0 Å². The smallest absolute Gasteiger partial charge is 0.220 e. The maximum atomic E-state index is 11.6. The molecule has 2 rings (SSSR count). The Hall–Kier alpha value is -2.05. The van der Waals surface area contributed by atoms with Crippen molar-refractivity contribution in [3.05, 3.63) is 17.5 Å². The van der Waals surface area contributed by atoms with Gasteiger partial charge in [-0.05, 0) is 51.5 Å². The third-order valence-corrected chi connectivity index (χ3v) is 5.14. The molecule has 1 aromatic rings. The minimum Gasteiger partial charge on any atom is -0.359 e. The van der Waals surface area contributed by atoms with Crippen LogP contribution in [0.2, 0.25) is 0 Å². The second kappa shape index (κ2) is 10.3. The van der Waals surface area contributed by atoms with Crippen molar-refractivity contribution in [3.8, 4) is 0 Å². The number of likely N-dealkylation sites (tertiary alicyclic amines) is 1. The molecule has 2 heterocycles. The summed E-state index contributed by atoms with van der Waals surface area (Å²) in [5.74, 6) is 2.04. The van der Waals surface area contributed by atoms with Gasteiger partial charge in [0.15, 0.2) is 5.96 Å². The third kappa shape index (κ3) is 6.56. The Morgan fingerprint density at radius 2 is 2.07 bits per heavy atom. The average molecular weight is 377 g/mol. The van der Waals surface area contributed by atoms with Crippen LogP contribution in [0, 0.1) is 25.7 Å². The first kappa shape index (κ1) is 21.3. The summed E-state index contributed by atoms with van der Waals surface area (Å²) in [7, 11) is 1.71. The van der Waals surface area contributed by atoms with E-state index in [9.17, 15) is 4.79 Å². The number of hydrogen-bond donors (Lipinski definition) is 2. The molecule has 7 nitrogen and oxygen atoms in total. The highest BCUT2D eigenvalue weighted by Gasteiger charge is 2.23. The molecular weight excluding hydrogens is 340 g/mol. The lowest BCUT2D eigenvalue weighted by Gasteiger charge is -2.34. The van der Waals surface area contributed by atoms with Crippen molar-refractivity contribution in [1.29, 1.82) is 0 Å². The maximum Gasteiger partial charge on any atom is 0.220 e. The molecule has 1 aliphatic heterocycles. The zero-order valence-electron chi connectivity index (χ0n) is 17.6. The van der Waals surface area contributed by atoms with Gasteiger partial charge in [-0.1, -0.05) is 6.92 Å². The summed E-state index contributed by atoms with van der Waals surface area (Å²) in [4.78, 5) is 18.8. The van der Waals surface area contributed by atoms with Crippen molar-refractivity contribution in [3.63, 3.8) is 0 Å². The van der Waals surface area contributed by atoms with Gasteiger partial charge in [-0.3, -0.25) is 14.5 Å². The van der Waals surface area contributed by atoms with Crippen LogP contribution in [0.25, 0.3) is 0 Å². The molecule has 0 aliphatic carbocycles. The van der Waals surface area contributed by atoms with Gasteiger partial charge in [0.1, 0.15) is 0 Å². The number of carbonyl (C=O) groups excluding carboxylic acids is 1. The van der Waals surface area contributed by atoms with Crippen molar-refractivity contribution in [2.24, 2.45) is 16.8 Å². The molecule has 1 amide bonds. The Kier molecular flexibility index (Phi) is 8.13. The average Bonchev–Trinajstić information content (AvgIpc) is 2.96. The number of nitrogens with zero attached hydrogens (tertiary/aromatic N) is 4. The summed E-state index contributed by atoms with van der Waals surface area (Å²) < 4.78 is 2.08. The molecule has 1 fully saturated rings. The van der Waals surface area contributed by atoms with E-state index in [1.54, 1.807) is 7.05 Å². The number of aromatic nitrogens is 2. The molecule has 152 valence electrons. The number of rotatable bonds is 7. The second-order valence-electron chi connectivity index (χ2n) is 7.72. The molecule has 0 saturated carbocycles. The Morgan fingerprint density at radius 1 is 1.37 bits per heavy atom. The van der Waals surface area contributed by atoms with E-state index in [1.165, 1.54) is 5.69 Å². The van der Waals surface area contributed by atoms with Gasteiger partial charge >= 0.3 is 0 Å². The van der Waals surface area contributed by atoms with Gasteiger partial charge in [0, 0.05) is 51.9 Å². The van der Waals surface area contributed by atoms with Crippen molar-refractivity contribution in [2.75, 3.05) is 33.2 Å². The SMILES string of the molecule is CCNC(=NCC(C)Cn1nc(C)cc1C)N1CCC(CC(=O)NC)CC1. The standard InChI is InChI=1S/C20H36N6O/c1-6-22-20(25-9-7-18(8-10-25)12-19(27)21-5)23-13-15(2)14-26-17(4)11-16(3)24-26/h11,15,18H,6-10,12-14H2,1-5H3,(H,21,27)(H,22,23). The van der Waals surface area contributed by atoms with Gasteiger partial charge in [0.25, 0.3) is 0 Å². The molecule has 1 atom stereocenters. The van der Waals surface area contributed by atoms with E-state index in [4.69, 9.17) is 4.99 Å². The van der Waals surface area contributed by atoms with Crippen molar-refractivity contribution in [2.45, 2.75) is 53.5 Å². The number of amides is 1. The van der Waals surface area contributed by atoms with Crippen LogP contribution in [0.5, 0.6) is 0 Å². The fraction of sp³-hybridized carbons (Fsp3) is 0.750. The van der Waals surface area contributed by atoms with Gasteiger partial charge in [0.2, 0.25) is 5.91 Å². The van der Waals surface area contributed by atoms with Crippen LogP contribution in [0.1, 0.15) is 44.5 Å². The minimum atomic E-state index is 0.145. The zero-order chi connectivity index (χ0) is 19.8. The zero-order valence-corrected chi connectivity index (χ0v) is 17.6. The van der Waals surface area contributed by atoms with Gasteiger partial charge in [-0.15, -0.1) is 0 Å². The number of nitrogens with one attached hydrogen (secondary N) is 2. The number of hydrogen-bond acceptors (Lipinski definition) is 3. The predicted molar refractivity (Wildman–Crippen MR) is 110 cm³/mol. The lowest BCUT2D eigenvalue weighted by Crippen LogP contribution is -2.46. The molecule has 7 heteroatoms. The molecule has 0 aromatic carbocycles. The summed E-state index contributed by atoms with van der Waals surface area (Å²) in [5, 5.41) is 10.7. The summed E-state index contributed by atoms with van der Waals surface area (Å²) in [6.45, 7) is 12.9. The summed E-state index contributed by atoms with van der Waals surface area (Å²) in [6.07, 6.45) is 2.72. The lowest BCUT2D eigenvalue weighted by atomic mass is 9.93. The van der Waals surface area contributed by atoms with E-state index in [0.29, 0.717) is 18.3 Å². The van der Waals surface area contributed by atoms with Gasteiger partial charge in [0.05, 0.1) is 5.69 Å². The Bertz CT molecular complexity index is 630. The highest BCUT2D eigenvalue weighted by molar-refractivity contribution is 5.80. The molecule has 2 N–H and O–H groups in total. The van der Waals surface area contributed by atoms with E-state index < -0.39 is 0 Å². The largest absolute Gasteiger partial charge is 0.359 e. The van der Waals surface area contributed by atoms with Gasteiger partial charge in [-0.2, -0.15) is 5.10 Å². The topological polar surface area (TPSA) is 74.5 Å². The van der Waals surface area contributed by atoms with E-state index in [2.05, 4.69) is 52.2 Å². The van der Waals surface area contributed by atoms with Crippen LogP contribution in [0.15, 0.2) is 11.1 Å². The molecule has 1 unspecified atom stereocenters. The van der Waals surface area contributed by atoms with Crippen molar-refractivity contribution < 1.29 is 4.79 Å². The number of aliphatic imine (C=N–C) groups is 1. The predicted octanol–water partition coefficient (Wildman–Crippen LogP) is 1.95. The van der Waals surface area contributed by atoms with Crippen LogP contribution < -0.4 is 10.6 Å². The normalized spacial score (nSPS) is 17.1. The van der Waals surface area contributed by atoms with E-state index in [1.807, 2.05) is 6.92 Å². The number of piperidine rings is 1. The number of guanidine groups is 1. The summed E-state index contributed by atoms with van der Waals surface area (Å²) in [5.41, 5.74) is 2.27. The van der Waals surface area contributed by atoms with Crippen LogP contribution in [-0.4, -0.2) is 59.8 Å². The fourth-order valence-electron chi connectivity index (χ4n) is 3.59. The maximum absolute atomic E-state index is 11.6. The molecular formula is C20H36N6O. The van der Waals surface area contributed by atoms with Gasteiger partial charge < -0.3 is 15.5 Å². The Morgan fingerprint density at radius 3 is 2.63 bits per heavy atom. The van der Waals surface area contributed by atoms with Crippen LogP contribution in [0.4, 0.5) is 0 Å². The quantitative estimate of drug-likeness (QED) is 0.563. The van der Waals surface area contributed by atoms with Crippen LogP contribution >= 0.6 is 0 Å². The number of aryl methyl sites for hydroxylation is 2. The fourth-order valence-corrected chi connectivity index (χ4v) is 3.59.